The van der Waals surface area contributed by atoms with Crippen molar-refractivity contribution >= 4 is 44.2 Å². The number of aromatic nitrogens is 2. The minimum Gasteiger partial charge on any atom is -0.494 e. The standard InChI is InChI=1S/C20H17N3O3S.C2HF3O2/c1-23-14-9-4-3-8-13(14)17-15(20(23)25)16(26-2)18(27-17)19(24)22-11-12-7-5-6-10-21-12;3-2(4,5)1(6)7/h3-10H,11H2,1-2H3,(H,22,24);(H,6,7). The maximum Gasteiger partial charge on any atom is 0.490 e. The summed E-state index contributed by atoms with van der Waals surface area (Å²) in [6.07, 6.45) is -3.41. The van der Waals surface area contributed by atoms with Gasteiger partial charge in [-0.3, -0.25) is 14.6 Å². The minimum absolute atomic E-state index is 0.180. The van der Waals surface area contributed by atoms with Gasteiger partial charge in [0.05, 0.1) is 29.6 Å². The Bertz CT molecular complexity index is 1410. The maximum atomic E-state index is 12.9. The van der Waals surface area contributed by atoms with Gasteiger partial charge in [0, 0.05) is 18.6 Å². The van der Waals surface area contributed by atoms with Gasteiger partial charge in [0.1, 0.15) is 10.3 Å². The van der Waals surface area contributed by atoms with Crippen LogP contribution in [0, 0.1) is 0 Å². The fraction of sp³-hybridized carbons (Fsp3) is 0.182. The second kappa shape index (κ2) is 9.91. The summed E-state index contributed by atoms with van der Waals surface area (Å²) in [4.78, 5) is 39.1. The number of para-hydroxylation sites is 1. The van der Waals surface area contributed by atoms with E-state index in [2.05, 4.69) is 10.3 Å². The van der Waals surface area contributed by atoms with Crippen LogP contribution in [-0.2, 0) is 18.4 Å². The number of hydrogen-bond acceptors (Lipinski definition) is 6. The van der Waals surface area contributed by atoms with Crippen LogP contribution in [0.2, 0.25) is 0 Å². The molecule has 0 unspecified atom stereocenters. The molecule has 0 fully saturated rings. The Labute approximate surface area is 194 Å². The number of carbonyl (C=O) groups excluding carboxylic acids is 1. The highest BCUT2D eigenvalue weighted by atomic mass is 32.1. The Morgan fingerprint density at radius 3 is 2.41 bits per heavy atom. The van der Waals surface area contributed by atoms with Crippen LogP contribution in [0.4, 0.5) is 13.2 Å². The van der Waals surface area contributed by atoms with E-state index in [1.807, 2.05) is 42.5 Å². The lowest BCUT2D eigenvalue weighted by molar-refractivity contribution is -0.192. The van der Waals surface area contributed by atoms with Crippen LogP contribution in [0.3, 0.4) is 0 Å². The molecule has 0 bridgehead atoms. The van der Waals surface area contributed by atoms with Crippen LogP contribution in [0.5, 0.6) is 5.75 Å². The summed E-state index contributed by atoms with van der Waals surface area (Å²) in [5, 5.41) is 11.3. The van der Waals surface area contributed by atoms with Crippen molar-refractivity contribution < 1.29 is 32.6 Å². The Morgan fingerprint density at radius 2 is 1.82 bits per heavy atom. The number of pyridine rings is 2. The van der Waals surface area contributed by atoms with E-state index in [1.165, 1.54) is 18.4 Å². The van der Waals surface area contributed by atoms with Crippen LogP contribution in [-0.4, -0.2) is 39.8 Å². The molecule has 34 heavy (non-hydrogen) atoms. The Hall–Kier alpha value is -3.93. The van der Waals surface area contributed by atoms with Crippen LogP contribution < -0.4 is 15.6 Å². The number of hydrogen-bond donors (Lipinski definition) is 2. The smallest absolute Gasteiger partial charge is 0.490 e. The number of carboxylic acids is 1. The number of nitrogens with one attached hydrogen (secondary N) is 1. The molecule has 1 aromatic carbocycles. The first-order valence-electron chi connectivity index (χ1n) is 9.62. The van der Waals surface area contributed by atoms with E-state index in [0.717, 1.165) is 21.3 Å². The van der Waals surface area contributed by atoms with Gasteiger partial charge in [-0.2, -0.15) is 13.2 Å². The van der Waals surface area contributed by atoms with Crippen LogP contribution in [0.1, 0.15) is 15.4 Å². The number of aliphatic carboxylic acids is 1. The van der Waals surface area contributed by atoms with E-state index < -0.39 is 12.1 Å². The lowest BCUT2D eigenvalue weighted by atomic mass is 10.1. The third-order valence-corrected chi connectivity index (χ3v) is 5.91. The van der Waals surface area contributed by atoms with Crippen LogP contribution in [0.15, 0.2) is 53.5 Å². The molecule has 12 heteroatoms. The van der Waals surface area contributed by atoms with Gasteiger partial charge in [0.2, 0.25) is 0 Å². The summed E-state index contributed by atoms with van der Waals surface area (Å²) in [6, 6.07) is 13.2. The summed E-state index contributed by atoms with van der Waals surface area (Å²) in [5.74, 6) is -2.72. The minimum atomic E-state index is -5.08. The van der Waals surface area contributed by atoms with Gasteiger partial charge in [-0.05, 0) is 18.2 Å². The molecule has 0 aliphatic heterocycles. The quantitative estimate of drug-likeness (QED) is 0.448. The third kappa shape index (κ3) is 5.01. The molecule has 3 heterocycles. The molecule has 4 aromatic rings. The monoisotopic (exact) mass is 493 g/mol. The first-order valence-corrected chi connectivity index (χ1v) is 10.4. The second-order valence-corrected chi connectivity index (χ2v) is 7.88. The molecule has 4 rings (SSSR count). The molecule has 3 aromatic heterocycles. The molecule has 0 spiro atoms. The molecular weight excluding hydrogens is 475 g/mol. The van der Waals surface area contributed by atoms with Gasteiger partial charge < -0.3 is 19.7 Å². The normalized spacial score (nSPS) is 11.1. The summed E-state index contributed by atoms with van der Waals surface area (Å²) in [7, 11) is 3.20. The molecule has 178 valence electrons. The number of alkyl halides is 3. The van der Waals surface area contributed by atoms with E-state index in [4.69, 9.17) is 14.6 Å². The van der Waals surface area contributed by atoms with Gasteiger partial charge in [0.15, 0.2) is 5.75 Å². The number of amides is 1. The fourth-order valence-electron chi connectivity index (χ4n) is 3.13. The molecule has 2 N–H and O–H groups in total. The van der Waals surface area contributed by atoms with Crippen molar-refractivity contribution in [3.05, 3.63) is 69.6 Å². The maximum absolute atomic E-state index is 12.9. The molecule has 0 aliphatic rings. The van der Waals surface area contributed by atoms with Crippen LogP contribution in [0.25, 0.3) is 21.0 Å². The average Bonchev–Trinajstić information content (AvgIpc) is 3.21. The number of nitrogens with zero attached hydrogens (tertiary/aromatic N) is 2. The van der Waals surface area contributed by atoms with Gasteiger partial charge in [0.25, 0.3) is 11.5 Å². The number of carbonyl (C=O) groups is 2. The van der Waals surface area contributed by atoms with Gasteiger partial charge in [-0.1, -0.05) is 24.3 Å². The summed E-state index contributed by atoms with van der Waals surface area (Å²) in [6.45, 7) is 0.301. The zero-order valence-corrected chi connectivity index (χ0v) is 18.7. The van der Waals surface area contributed by atoms with Crippen molar-refractivity contribution in [2.45, 2.75) is 12.7 Å². The van der Waals surface area contributed by atoms with E-state index in [9.17, 15) is 22.8 Å². The zero-order chi connectivity index (χ0) is 25.0. The number of fused-ring (bicyclic) bond motifs is 3. The molecule has 0 saturated heterocycles. The average molecular weight is 493 g/mol. The number of benzene rings is 1. The van der Waals surface area contributed by atoms with Gasteiger partial charge in [-0.25, -0.2) is 4.79 Å². The van der Waals surface area contributed by atoms with E-state index >= 15 is 0 Å². The fourth-order valence-corrected chi connectivity index (χ4v) is 4.34. The Morgan fingerprint density at radius 1 is 1.18 bits per heavy atom. The Balaban J connectivity index is 0.000000406. The van der Waals surface area contributed by atoms with E-state index in [-0.39, 0.29) is 11.5 Å². The SMILES string of the molecule is COc1c(C(=O)NCc2ccccn2)sc2c1c(=O)n(C)c1ccccc21.O=C(O)C(F)(F)F. The topological polar surface area (TPSA) is 111 Å². The Kier molecular flexibility index (Phi) is 7.20. The van der Waals surface area contributed by atoms with Crippen molar-refractivity contribution in [1.29, 1.82) is 0 Å². The third-order valence-electron chi connectivity index (χ3n) is 4.70. The molecular formula is C22H18F3N3O5S. The molecule has 0 saturated carbocycles. The van der Waals surface area contributed by atoms with E-state index in [0.29, 0.717) is 22.6 Å². The summed E-state index contributed by atoms with van der Waals surface area (Å²) in [5.41, 5.74) is 1.40. The molecule has 1 amide bonds. The highest BCUT2D eigenvalue weighted by molar-refractivity contribution is 7.22. The number of halogens is 3. The first kappa shape index (κ1) is 24.7. The number of ether oxygens (including phenoxy) is 1. The van der Waals surface area contributed by atoms with Crippen LogP contribution >= 0.6 is 11.3 Å². The predicted molar refractivity (Wildman–Crippen MR) is 120 cm³/mol. The summed E-state index contributed by atoms with van der Waals surface area (Å²) >= 11 is 1.27. The summed E-state index contributed by atoms with van der Waals surface area (Å²) < 4.78 is 39.6. The number of methoxy groups -OCH3 is 1. The number of carboxylic acid groups (broad SMARTS) is 1. The zero-order valence-electron chi connectivity index (χ0n) is 17.8. The lowest BCUT2D eigenvalue weighted by Crippen LogP contribution is -2.23. The molecule has 8 nitrogen and oxygen atoms in total. The van der Waals surface area contributed by atoms with Crippen molar-refractivity contribution in [1.82, 2.24) is 14.9 Å². The second-order valence-electron chi connectivity index (χ2n) is 6.86. The highest BCUT2D eigenvalue weighted by Crippen LogP contribution is 2.39. The molecule has 0 radical (unpaired) electrons. The largest absolute Gasteiger partial charge is 0.494 e. The molecule has 0 atom stereocenters. The first-order chi connectivity index (χ1) is 16.1. The van der Waals surface area contributed by atoms with E-state index in [1.54, 1.807) is 17.8 Å². The highest BCUT2D eigenvalue weighted by Gasteiger charge is 2.38. The predicted octanol–water partition coefficient (Wildman–Crippen LogP) is 3.72. The lowest BCUT2D eigenvalue weighted by Gasteiger charge is -2.07. The van der Waals surface area contributed by atoms with Crippen molar-refractivity contribution in [3.8, 4) is 5.75 Å². The molecule has 0 aliphatic carbocycles. The number of rotatable bonds is 4. The van der Waals surface area contributed by atoms with Crippen molar-refractivity contribution in [3.63, 3.8) is 0 Å². The number of aryl methyl sites for hydroxylation is 1. The van der Waals surface area contributed by atoms with Gasteiger partial charge >= 0.3 is 12.1 Å². The van der Waals surface area contributed by atoms with Gasteiger partial charge in [-0.15, -0.1) is 11.3 Å². The van der Waals surface area contributed by atoms with Crippen molar-refractivity contribution in [2.75, 3.05) is 7.11 Å². The van der Waals surface area contributed by atoms with Crippen molar-refractivity contribution in [2.24, 2.45) is 7.05 Å². The number of thiophene rings is 1.